The summed E-state index contributed by atoms with van der Waals surface area (Å²) in [6, 6.07) is 15.8. The van der Waals surface area contributed by atoms with Crippen molar-refractivity contribution in [1.29, 1.82) is 0 Å². The van der Waals surface area contributed by atoms with Gasteiger partial charge in [0, 0.05) is 19.6 Å². The van der Waals surface area contributed by atoms with Gasteiger partial charge >= 0.3 is 17.8 Å². The first-order valence-electron chi connectivity index (χ1n) is 9.68. The van der Waals surface area contributed by atoms with E-state index in [1.807, 2.05) is 30.3 Å². The molecular weight excluding hydrogens is 386 g/mol. The first-order chi connectivity index (χ1) is 14.5. The van der Waals surface area contributed by atoms with Crippen molar-refractivity contribution < 1.29 is 23.9 Å². The maximum Gasteiger partial charge on any atom is 0.331 e. The van der Waals surface area contributed by atoms with Gasteiger partial charge in [-0.15, -0.1) is 0 Å². The van der Waals surface area contributed by atoms with E-state index in [1.165, 1.54) is 4.90 Å². The normalized spacial score (nSPS) is 13.9. The van der Waals surface area contributed by atoms with Gasteiger partial charge in [-0.2, -0.15) is 0 Å². The fourth-order valence-corrected chi connectivity index (χ4v) is 3.03. The van der Waals surface area contributed by atoms with Crippen LogP contribution in [0.15, 0.2) is 54.6 Å². The van der Waals surface area contributed by atoms with Gasteiger partial charge in [0.1, 0.15) is 12.4 Å². The Balaban J connectivity index is 1.49. The van der Waals surface area contributed by atoms with Crippen molar-refractivity contribution in [3.05, 3.63) is 65.7 Å². The summed E-state index contributed by atoms with van der Waals surface area (Å²) < 4.78 is 5.70. The van der Waals surface area contributed by atoms with Crippen LogP contribution in [0.4, 0.5) is 4.79 Å². The molecule has 0 unspecified atom stereocenters. The van der Waals surface area contributed by atoms with Gasteiger partial charge < -0.3 is 9.64 Å². The van der Waals surface area contributed by atoms with Gasteiger partial charge in [0.25, 0.3) is 0 Å². The molecule has 5 amide bonds. The maximum absolute atomic E-state index is 12.2. The molecule has 8 heteroatoms. The zero-order valence-corrected chi connectivity index (χ0v) is 16.7. The number of rotatable bonds is 6. The second-order valence-corrected chi connectivity index (χ2v) is 6.79. The van der Waals surface area contributed by atoms with Crippen molar-refractivity contribution in [2.24, 2.45) is 0 Å². The number of hydrogen-bond donors (Lipinski definition) is 1. The minimum atomic E-state index is -0.923. The fourth-order valence-electron chi connectivity index (χ4n) is 3.03. The molecule has 0 radical (unpaired) electrons. The highest BCUT2D eigenvalue weighted by atomic mass is 16.5. The zero-order valence-electron chi connectivity index (χ0n) is 16.7. The molecule has 0 aliphatic carbocycles. The number of carbonyl (C=O) groups is 4. The van der Waals surface area contributed by atoms with Crippen LogP contribution in [0.2, 0.25) is 0 Å². The molecule has 156 valence electrons. The molecule has 1 aliphatic rings. The first-order valence-corrected chi connectivity index (χ1v) is 9.68. The summed E-state index contributed by atoms with van der Waals surface area (Å²) in [5, 5.41) is 2.17. The van der Waals surface area contributed by atoms with E-state index in [1.54, 1.807) is 31.2 Å². The van der Waals surface area contributed by atoms with Gasteiger partial charge in [-0.05, 0) is 30.2 Å². The third-order valence-electron chi connectivity index (χ3n) is 4.72. The molecule has 0 saturated carbocycles. The molecule has 0 bridgehead atoms. The molecule has 2 aromatic rings. The Labute approximate surface area is 174 Å². The van der Waals surface area contributed by atoms with Gasteiger partial charge in [0.05, 0.1) is 6.42 Å². The van der Waals surface area contributed by atoms with Crippen molar-refractivity contribution >= 4 is 23.8 Å². The molecule has 0 aromatic heterocycles. The lowest BCUT2D eigenvalue weighted by atomic mass is 10.1. The van der Waals surface area contributed by atoms with Crippen molar-refractivity contribution in [3.63, 3.8) is 0 Å². The molecule has 8 nitrogen and oxygen atoms in total. The molecule has 1 saturated heterocycles. The molecule has 0 spiro atoms. The average Bonchev–Trinajstić information content (AvgIpc) is 2.75. The van der Waals surface area contributed by atoms with Crippen LogP contribution in [0.1, 0.15) is 18.1 Å². The van der Waals surface area contributed by atoms with E-state index < -0.39 is 23.8 Å². The molecule has 3 rings (SSSR count). The van der Waals surface area contributed by atoms with Crippen LogP contribution < -0.4 is 10.1 Å². The Bertz CT molecular complexity index is 928. The third kappa shape index (κ3) is 5.22. The summed E-state index contributed by atoms with van der Waals surface area (Å²) in [6.45, 7) is 2.90. The topological polar surface area (TPSA) is 96.0 Å². The van der Waals surface area contributed by atoms with Crippen LogP contribution in [0.5, 0.6) is 5.75 Å². The van der Waals surface area contributed by atoms with Crippen LogP contribution in [-0.4, -0.2) is 53.2 Å². The minimum Gasteiger partial charge on any atom is -0.489 e. The number of ether oxygens (including phenoxy) is 1. The third-order valence-corrected chi connectivity index (χ3v) is 4.72. The van der Waals surface area contributed by atoms with E-state index in [9.17, 15) is 19.2 Å². The summed E-state index contributed by atoms with van der Waals surface area (Å²) >= 11 is 0. The van der Waals surface area contributed by atoms with Crippen molar-refractivity contribution in [3.8, 4) is 5.75 Å². The van der Waals surface area contributed by atoms with Gasteiger partial charge in [0.15, 0.2) is 0 Å². The molecule has 1 N–H and O–H groups in total. The zero-order chi connectivity index (χ0) is 21.5. The van der Waals surface area contributed by atoms with Gasteiger partial charge in [0.2, 0.25) is 5.91 Å². The van der Waals surface area contributed by atoms with Crippen LogP contribution >= 0.6 is 0 Å². The molecule has 0 atom stereocenters. The average molecular weight is 409 g/mol. The lowest BCUT2D eigenvalue weighted by molar-refractivity contribution is -0.153. The highest BCUT2D eigenvalue weighted by Gasteiger charge is 2.35. The maximum atomic E-state index is 12.2. The lowest BCUT2D eigenvalue weighted by Gasteiger charge is -2.31. The van der Waals surface area contributed by atoms with Crippen molar-refractivity contribution in [2.75, 3.05) is 19.6 Å². The van der Waals surface area contributed by atoms with E-state index >= 15 is 0 Å². The number of likely N-dealkylation sites (N-methyl/N-ethyl adjacent to an activating group) is 1. The highest BCUT2D eigenvalue weighted by Crippen LogP contribution is 2.15. The van der Waals surface area contributed by atoms with Crippen LogP contribution in [-0.2, 0) is 27.4 Å². The molecule has 2 aromatic carbocycles. The molecule has 30 heavy (non-hydrogen) atoms. The van der Waals surface area contributed by atoms with E-state index in [4.69, 9.17) is 4.74 Å². The Morgan fingerprint density at radius 1 is 0.933 bits per heavy atom. The van der Waals surface area contributed by atoms with E-state index in [-0.39, 0.29) is 19.5 Å². The number of amides is 5. The first kappa shape index (κ1) is 21.0. The Hall–Kier alpha value is -3.68. The second kappa shape index (κ2) is 9.69. The summed E-state index contributed by atoms with van der Waals surface area (Å²) in [7, 11) is 0. The number of nitrogens with zero attached hydrogens (tertiary/aromatic N) is 2. The molecule has 1 aliphatic heterocycles. The smallest absolute Gasteiger partial charge is 0.331 e. The standard InChI is InChI=1S/C22H23N3O5/c1-2-24-12-13-25(21(28)20(24)27)22(29)23-19(26)14-16-8-10-18(11-9-16)30-15-17-6-4-3-5-7-17/h3-11H,2,12-15H2,1H3,(H,23,26,29). The Kier molecular flexibility index (Phi) is 6.79. The number of urea groups is 1. The van der Waals surface area contributed by atoms with Crippen LogP contribution in [0.25, 0.3) is 0 Å². The number of carbonyl (C=O) groups excluding carboxylic acids is 4. The molecule has 1 heterocycles. The van der Waals surface area contributed by atoms with E-state index in [0.717, 1.165) is 10.5 Å². The van der Waals surface area contributed by atoms with Crippen LogP contribution in [0.3, 0.4) is 0 Å². The summed E-state index contributed by atoms with van der Waals surface area (Å²) in [6.07, 6.45) is -0.0399. The van der Waals surface area contributed by atoms with Gasteiger partial charge in [-0.3, -0.25) is 24.6 Å². The Morgan fingerprint density at radius 3 is 2.30 bits per heavy atom. The van der Waals surface area contributed by atoms with E-state index in [2.05, 4.69) is 5.32 Å². The highest BCUT2D eigenvalue weighted by molar-refractivity contribution is 6.38. The number of imide groups is 2. The summed E-state index contributed by atoms with van der Waals surface area (Å²) in [5.74, 6) is -1.56. The second-order valence-electron chi connectivity index (χ2n) is 6.79. The molecular formula is C22H23N3O5. The molecule has 1 fully saturated rings. The predicted molar refractivity (Wildman–Crippen MR) is 108 cm³/mol. The summed E-state index contributed by atoms with van der Waals surface area (Å²) in [5.41, 5.74) is 1.73. The fraction of sp³-hybridized carbons (Fsp3) is 0.273. The number of hydrogen-bond acceptors (Lipinski definition) is 5. The SMILES string of the molecule is CCN1CCN(C(=O)NC(=O)Cc2ccc(OCc3ccccc3)cc2)C(=O)C1=O. The van der Waals surface area contributed by atoms with Crippen molar-refractivity contribution in [2.45, 2.75) is 20.0 Å². The largest absolute Gasteiger partial charge is 0.489 e. The van der Waals surface area contributed by atoms with Crippen LogP contribution in [0, 0.1) is 0 Å². The van der Waals surface area contributed by atoms with Gasteiger partial charge in [-0.1, -0.05) is 42.5 Å². The van der Waals surface area contributed by atoms with Gasteiger partial charge in [-0.25, -0.2) is 4.79 Å². The monoisotopic (exact) mass is 409 g/mol. The van der Waals surface area contributed by atoms with E-state index in [0.29, 0.717) is 24.5 Å². The predicted octanol–water partition coefficient (Wildman–Crippen LogP) is 1.73. The quantitative estimate of drug-likeness (QED) is 0.733. The number of piperazine rings is 1. The summed E-state index contributed by atoms with van der Waals surface area (Å²) in [4.78, 5) is 50.4. The number of nitrogens with one attached hydrogen (secondary N) is 1. The van der Waals surface area contributed by atoms with Crippen molar-refractivity contribution in [1.82, 2.24) is 15.1 Å². The lowest BCUT2D eigenvalue weighted by Crippen LogP contribution is -2.58. The minimum absolute atomic E-state index is 0.0399. The Morgan fingerprint density at radius 2 is 1.63 bits per heavy atom. The number of benzene rings is 2.